The fourth-order valence-corrected chi connectivity index (χ4v) is 12.0. The van der Waals surface area contributed by atoms with Crippen LogP contribution in [-0.4, -0.2) is 95.9 Å². The van der Waals surface area contributed by atoms with Gasteiger partial charge < -0.3 is 34.2 Å². The Kier molecular flexibility index (Phi) is 69.6. The molecule has 0 aromatic heterocycles. The second-order valence-electron chi connectivity index (χ2n) is 25.8. The molecule has 0 aliphatic carbocycles. The van der Waals surface area contributed by atoms with E-state index in [1.54, 1.807) is 0 Å². The number of phosphoric acid groups is 2. The number of rotatable bonds is 73. The second-order valence-corrected chi connectivity index (χ2v) is 28.7. The predicted molar refractivity (Wildman–Crippen MR) is 399 cm³/mol. The number of esters is 3. The van der Waals surface area contributed by atoms with Crippen LogP contribution in [0.3, 0.4) is 0 Å². The minimum Gasteiger partial charge on any atom is -0.463 e. The van der Waals surface area contributed by atoms with Gasteiger partial charge in [0.15, 0.2) is 6.10 Å². The zero-order valence-electron chi connectivity index (χ0n) is 61.2. The molecule has 0 spiro atoms. The summed E-state index contributed by atoms with van der Waals surface area (Å²) in [5.41, 5.74) is 0. The molecule has 97 heavy (non-hydrogen) atoms. The van der Waals surface area contributed by atoms with Crippen molar-refractivity contribution >= 4 is 33.6 Å². The fraction of sp³-hybridized carbons (Fsp3) is 0.759. The molecule has 0 radical (unpaired) electrons. The third-order valence-corrected chi connectivity index (χ3v) is 18.2. The van der Waals surface area contributed by atoms with Crippen molar-refractivity contribution < 1.29 is 75.8 Å². The van der Waals surface area contributed by atoms with Gasteiger partial charge in [0.05, 0.1) is 26.4 Å². The number of aliphatic hydroxyl groups excluding tert-OH is 2. The molecule has 0 aliphatic heterocycles. The molecular weight excluding hydrogens is 1270 g/mol. The number of carbonyl (C=O) groups excluding carboxylic acids is 3. The number of ether oxygens (including phenoxy) is 3. The molecule has 0 aromatic carbocycles. The van der Waals surface area contributed by atoms with Crippen LogP contribution in [0, 0.1) is 0 Å². The van der Waals surface area contributed by atoms with Gasteiger partial charge in [0, 0.05) is 19.3 Å². The molecule has 0 saturated carbocycles. The number of carbonyl (C=O) groups is 3. The van der Waals surface area contributed by atoms with Gasteiger partial charge in [0.2, 0.25) is 0 Å². The Morgan fingerprint density at radius 3 is 0.897 bits per heavy atom. The quantitative estimate of drug-likeness (QED) is 0.0146. The molecule has 0 fully saturated rings. The van der Waals surface area contributed by atoms with E-state index in [1.165, 1.54) is 135 Å². The highest BCUT2D eigenvalue weighted by atomic mass is 31.2. The lowest BCUT2D eigenvalue weighted by Gasteiger charge is -2.21. The Bertz CT molecular complexity index is 2150. The Balaban J connectivity index is 4.43. The molecule has 5 atom stereocenters. The van der Waals surface area contributed by atoms with Crippen molar-refractivity contribution in [3.63, 3.8) is 0 Å². The van der Waals surface area contributed by atoms with Crippen molar-refractivity contribution in [1.29, 1.82) is 0 Å². The lowest BCUT2D eigenvalue weighted by Crippen LogP contribution is -2.30. The first kappa shape index (κ1) is 93.5. The average molecular weight is 1410 g/mol. The molecule has 16 nitrogen and oxygen atoms in total. The largest absolute Gasteiger partial charge is 0.472 e. The van der Waals surface area contributed by atoms with Crippen LogP contribution in [0.25, 0.3) is 0 Å². The van der Waals surface area contributed by atoms with Crippen LogP contribution in [0.2, 0.25) is 0 Å². The van der Waals surface area contributed by atoms with Crippen LogP contribution >= 0.6 is 15.6 Å². The number of allylic oxidation sites excluding steroid dienone is 16. The van der Waals surface area contributed by atoms with E-state index in [0.29, 0.717) is 19.3 Å². The number of unbranched alkanes of at least 4 members (excludes halogenated alkanes) is 34. The van der Waals surface area contributed by atoms with Crippen LogP contribution in [-0.2, 0) is 55.8 Å². The predicted octanol–water partition coefficient (Wildman–Crippen LogP) is 22.2. The van der Waals surface area contributed by atoms with Gasteiger partial charge in [0.1, 0.15) is 25.4 Å². The fourth-order valence-electron chi connectivity index (χ4n) is 10.4. The number of hydrogen-bond donors (Lipinski definition) is 4. The molecule has 18 heteroatoms. The summed E-state index contributed by atoms with van der Waals surface area (Å²) in [6, 6.07) is 0. The lowest BCUT2D eigenvalue weighted by atomic mass is 10.0. The van der Waals surface area contributed by atoms with Crippen LogP contribution in [0.5, 0.6) is 0 Å². The molecule has 0 rings (SSSR count). The molecule has 0 aliphatic rings. The molecule has 0 amide bonds. The van der Waals surface area contributed by atoms with Crippen molar-refractivity contribution in [2.24, 2.45) is 0 Å². The smallest absolute Gasteiger partial charge is 0.463 e. The Hall–Kier alpha value is -3.53. The first-order valence-corrected chi connectivity index (χ1v) is 41.5. The molecule has 0 aromatic rings. The van der Waals surface area contributed by atoms with Gasteiger partial charge in [-0.15, -0.1) is 0 Å². The van der Waals surface area contributed by atoms with Gasteiger partial charge in [-0.25, -0.2) is 9.13 Å². The van der Waals surface area contributed by atoms with Crippen LogP contribution in [0.4, 0.5) is 0 Å². The average Bonchev–Trinajstić information content (AvgIpc) is 1.84. The van der Waals surface area contributed by atoms with E-state index in [2.05, 4.69) is 118 Å². The summed E-state index contributed by atoms with van der Waals surface area (Å²) in [7, 11) is -9.78. The summed E-state index contributed by atoms with van der Waals surface area (Å²) in [4.78, 5) is 58.5. The van der Waals surface area contributed by atoms with Gasteiger partial charge in [-0.05, 0) is 122 Å². The maximum atomic E-state index is 12.9. The summed E-state index contributed by atoms with van der Waals surface area (Å²) in [5, 5.41) is 20.6. The first-order chi connectivity index (χ1) is 47.2. The highest BCUT2D eigenvalue weighted by Gasteiger charge is 2.29. The Morgan fingerprint density at radius 2 is 0.546 bits per heavy atom. The first-order valence-electron chi connectivity index (χ1n) is 38.5. The zero-order chi connectivity index (χ0) is 70.9. The monoisotopic (exact) mass is 1410 g/mol. The second kappa shape index (κ2) is 72.3. The van der Waals surface area contributed by atoms with Crippen molar-refractivity contribution in [3.05, 3.63) is 97.2 Å². The molecular formula is C79H140O16P2. The topological polar surface area (TPSA) is 231 Å². The van der Waals surface area contributed by atoms with E-state index >= 15 is 0 Å². The van der Waals surface area contributed by atoms with Crippen molar-refractivity contribution in [2.75, 3.05) is 39.6 Å². The third-order valence-electron chi connectivity index (χ3n) is 16.3. The van der Waals surface area contributed by atoms with Crippen molar-refractivity contribution in [3.8, 4) is 0 Å². The standard InChI is InChI=1S/C79H140O16P2/c1-4-7-10-13-16-19-22-25-28-29-30-31-32-33-34-35-36-37-38-39-40-41-42-43-46-48-50-53-56-59-62-65-77(82)89-68-74(80)69-91-96(85,86)92-70-75(81)71-93-97(87,88)94-73-76(95-79(84)67-64-61-58-55-52-49-45-27-24-21-18-15-12-9-6-3)72-90-78(83)66-63-60-57-54-51-47-44-26-23-20-17-14-11-8-5-2/h7,10,16-17,19-20,25-28,30-31,33-34,44-45,74-76,80-81H,4-6,8-9,11-15,18,21-24,29,32,35-43,46-73H2,1-3H3,(H,85,86)(H,87,88)/b10-7-,19-16-,20-17-,28-25-,31-30-,34-33-,44-26-,45-27-. The van der Waals surface area contributed by atoms with Crippen LogP contribution < -0.4 is 0 Å². The molecule has 0 heterocycles. The third kappa shape index (κ3) is 73.5. The molecule has 562 valence electrons. The minimum atomic E-state index is -4.93. The highest BCUT2D eigenvalue weighted by molar-refractivity contribution is 7.47. The van der Waals surface area contributed by atoms with Gasteiger partial charge in [0.25, 0.3) is 0 Å². The SMILES string of the molecule is CC/C=C\C/C=C\C/C=C\C/C=C\C/C=C\CCCCCCCCCCCCCCCCCC(=O)OCC(O)COP(=O)(O)OCC(O)COP(=O)(O)OCC(COC(=O)CCCCCCC/C=C\C/C=C\CCCCC)OC(=O)CCCCCCC/C=C\CCCCCCCC. The minimum absolute atomic E-state index is 0.0932. The van der Waals surface area contributed by atoms with E-state index < -0.39 is 91.5 Å². The molecule has 5 unspecified atom stereocenters. The molecule has 0 saturated heterocycles. The number of hydrogen-bond acceptors (Lipinski definition) is 14. The maximum absolute atomic E-state index is 12.9. The summed E-state index contributed by atoms with van der Waals surface area (Å²) in [6.45, 7) is 2.53. The van der Waals surface area contributed by atoms with Crippen molar-refractivity contribution in [1.82, 2.24) is 0 Å². The van der Waals surface area contributed by atoms with Crippen molar-refractivity contribution in [2.45, 2.75) is 347 Å². The van der Waals surface area contributed by atoms with Crippen LogP contribution in [0.15, 0.2) is 97.2 Å². The van der Waals surface area contributed by atoms with E-state index in [-0.39, 0.29) is 19.3 Å². The Labute approximate surface area is 590 Å². The van der Waals surface area contributed by atoms with Crippen LogP contribution in [0.1, 0.15) is 329 Å². The van der Waals surface area contributed by atoms with Gasteiger partial charge in [-0.1, -0.05) is 285 Å². The molecule has 0 bridgehead atoms. The maximum Gasteiger partial charge on any atom is 0.472 e. The van der Waals surface area contributed by atoms with Gasteiger partial charge in [-0.2, -0.15) is 0 Å². The normalized spacial score (nSPS) is 14.6. The summed E-state index contributed by atoms with van der Waals surface area (Å²) >= 11 is 0. The highest BCUT2D eigenvalue weighted by Crippen LogP contribution is 2.45. The van der Waals surface area contributed by atoms with E-state index in [1.807, 2.05) is 0 Å². The zero-order valence-corrected chi connectivity index (χ0v) is 63.0. The Morgan fingerprint density at radius 1 is 0.299 bits per heavy atom. The van der Waals surface area contributed by atoms with E-state index in [0.717, 1.165) is 135 Å². The van der Waals surface area contributed by atoms with Gasteiger partial charge in [-0.3, -0.25) is 32.5 Å². The molecule has 4 N–H and O–H groups in total. The van der Waals surface area contributed by atoms with Gasteiger partial charge >= 0.3 is 33.6 Å². The van der Waals surface area contributed by atoms with E-state index in [4.69, 9.17) is 32.3 Å². The summed E-state index contributed by atoms with van der Waals surface area (Å²) in [6.07, 6.45) is 81.8. The number of aliphatic hydroxyl groups is 2. The summed E-state index contributed by atoms with van der Waals surface area (Å²) in [5.74, 6) is -1.59. The number of phosphoric ester groups is 2. The van der Waals surface area contributed by atoms with E-state index in [9.17, 15) is 43.5 Å². The summed E-state index contributed by atoms with van der Waals surface area (Å²) < 4.78 is 61.0. The lowest BCUT2D eigenvalue weighted by molar-refractivity contribution is -0.161.